The number of halogens is 3. The van der Waals surface area contributed by atoms with Crippen LogP contribution in [0, 0.1) is 18.7 Å². The second kappa shape index (κ2) is 4.33. The number of rotatable bonds is 2. The molecule has 0 bridgehead atoms. The molecule has 2 unspecified atom stereocenters. The second-order valence-electron chi connectivity index (χ2n) is 4.81. The maximum atomic E-state index is 13.3. The number of hydrogen-bond donors (Lipinski definition) is 1. The van der Waals surface area contributed by atoms with Gasteiger partial charge in [0.15, 0.2) is 0 Å². The molecule has 2 rings (SSSR count). The molecule has 1 N–H and O–H groups in total. The fraction of sp³-hybridized carbons (Fsp3) is 0.538. The molecule has 0 amide bonds. The van der Waals surface area contributed by atoms with Crippen molar-refractivity contribution in [3.63, 3.8) is 0 Å². The number of benzene rings is 1. The molecule has 1 aliphatic rings. The van der Waals surface area contributed by atoms with Crippen LogP contribution < -0.4 is 0 Å². The van der Waals surface area contributed by atoms with Crippen molar-refractivity contribution >= 4 is 0 Å². The lowest BCUT2D eigenvalue weighted by atomic mass is 9.93. The normalized spacial score (nSPS) is 24.9. The Morgan fingerprint density at radius 2 is 2.12 bits per heavy atom. The number of aryl methyl sites for hydroxylation is 1. The van der Waals surface area contributed by atoms with Gasteiger partial charge in [-0.3, -0.25) is 0 Å². The van der Waals surface area contributed by atoms with Crippen LogP contribution in [0.3, 0.4) is 0 Å². The molecule has 0 radical (unpaired) electrons. The summed E-state index contributed by atoms with van der Waals surface area (Å²) in [6, 6.07) is 4.39. The third-order valence-corrected chi connectivity index (χ3v) is 3.43. The summed E-state index contributed by atoms with van der Waals surface area (Å²) in [7, 11) is 0. The number of aliphatic hydroxyl groups is 1. The summed E-state index contributed by atoms with van der Waals surface area (Å²) < 4.78 is 39.4. The van der Waals surface area contributed by atoms with Gasteiger partial charge in [0.05, 0.1) is 6.10 Å². The summed E-state index contributed by atoms with van der Waals surface area (Å²) in [5.41, 5.74) is 0.869. The third-order valence-electron chi connectivity index (χ3n) is 3.43. The van der Waals surface area contributed by atoms with Crippen LogP contribution in [0.4, 0.5) is 13.2 Å². The zero-order valence-electron chi connectivity index (χ0n) is 9.59. The van der Waals surface area contributed by atoms with Crippen molar-refractivity contribution < 1.29 is 18.3 Å². The molecule has 1 nitrogen and oxygen atoms in total. The van der Waals surface area contributed by atoms with Gasteiger partial charge in [-0.25, -0.2) is 13.2 Å². The van der Waals surface area contributed by atoms with Crippen LogP contribution in [0.2, 0.25) is 0 Å². The average Bonchev–Trinajstić information content (AvgIpc) is 2.62. The van der Waals surface area contributed by atoms with E-state index in [-0.39, 0.29) is 19.3 Å². The molecule has 0 aromatic heterocycles. The van der Waals surface area contributed by atoms with Gasteiger partial charge in [0.25, 0.3) is 0 Å². The van der Waals surface area contributed by atoms with Gasteiger partial charge in [-0.05, 0) is 36.5 Å². The van der Waals surface area contributed by atoms with Gasteiger partial charge in [0.2, 0.25) is 5.92 Å². The first-order valence-corrected chi connectivity index (χ1v) is 5.71. The minimum Gasteiger partial charge on any atom is -0.388 e. The number of alkyl halides is 2. The van der Waals surface area contributed by atoms with E-state index in [1.54, 1.807) is 19.1 Å². The molecule has 1 aromatic rings. The zero-order chi connectivity index (χ0) is 12.6. The molecule has 2 atom stereocenters. The van der Waals surface area contributed by atoms with Crippen LogP contribution in [0.5, 0.6) is 0 Å². The molecule has 94 valence electrons. The van der Waals surface area contributed by atoms with Crippen molar-refractivity contribution in [2.24, 2.45) is 5.92 Å². The van der Waals surface area contributed by atoms with Gasteiger partial charge in [-0.15, -0.1) is 0 Å². The van der Waals surface area contributed by atoms with E-state index in [9.17, 15) is 18.3 Å². The van der Waals surface area contributed by atoms with Crippen molar-refractivity contribution in [3.05, 3.63) is 35.1 Å². The molecule has 0 saturated heterocycles. The molecule has 0 heterocycles. The highest BCUT2D eigenvalue weighted by molar-refractivity contribution is 5.25. The Kier molecular flexibility index (Phi) is 3.17. The minimum atomic E-state index is -2.69. The van der Waals surface area contributed by atoms with E-state index in [2.05, 4.69) is 0 Å². The lowest BCUT2D eigenvalue weighted by Gasteiger charge is -2.18. The van der Waals surface area contributed by atoms with Crippen LogP contribution in [0.25, 0.3) is 0 Å². The lowest BCUT2D eigenvalue weighted by molar-refractivity contribution is -0.00512. The molecule has 1 saturated carbocycles. The standard InChI is InChI=1S/C13H15F3O/c1-8-2-3-9(6-11(8)14)12(17)10-4-5-13(15,16)7-10/h2-3,6,10,12,17H,4-5,7H2,1H3. The third kappa shape index (κ3) is 2.63. The van der Waals surface area contributed by atoms with E-state index in [1.165, 1.54) is 6.07 Å². The molecule has 1 aromatic carbocycles. The summed E-state index contributed by atoms with van der Waals surface area (Å²) in [4.78, 5) is 0. The molecule has 0 spiro atoms. The first kappa shape index (κ1) is 12.4. The first-order valence-electron chi connectivity index (χ1n) is 5.71. The predicted molar refractivity (Wildman–Crippen MR) is 58.4 cm³/mol. The Bertz CT molecular complexity index is 417. The lowest BCUT2D eigenvalue weighted by Crippen LogP contribution is -2.14. The Labute approximate surface area is 98.3 Å². The number of hydrogen-bond acceptors (Lipinski definition) is 1. The summed E-state index contributed by atoms with van der Waals surface area (Å²) in [6.45, 7) is 1.62. The zero-order valence-corrected chi connectivity index (χ0v) is 9.59. The largest absolute Gasteiger partial charge is 0.388 e. The summed E-state index contributed by atoms with van der Waals surface area (Å²) >= 11 is 0. The fourth-order valence-electron chi connectivity index (χ4n) is 2.32. The van der Waals surface area contributed by atoms with E-state index in [0.717, 1.165) is 0 Å². The van der Waals surface area contributed by atoms with Crippen LogP contribution in [-0.2, 0) is 0 Å². The van der Waals surface area contributed by atoms with Gasteiger partial charge >= 0.3 is 0 Å². The molecule has 0 aliphatic heterocycles. The smallest absolute Gasteiger partial charge is 0.248 e. The summed E-state index contributed by atoms with van der Waals surface area (Å²) in [5, 5.41) is 9.97. The van der Waals surface area contributed by atoms with Crippen LogP contribution >= 0.6 is 0 Å². The monoisotopic (exact) mass is 244 g/mol. The van der Waals surface area contributed by atoms with Gasteiger partial charge in [-0.1, -0.05) is 12.1 Å². The van der Waals surface area contributed by atoms with E-state index >= 15 is 0 Å². The SMILES string of the molecule is Cc1ccc(C(O)C2CCC(F)(F)C2)cc1F. The van der Waals surface area contributed by atoms with Crippen LogP contribution in [0.15, 0.2) is 18.2 Å². The molecule has 17 heavy (non-hydrogen) atoms. The topological polar surface area (TPSA) is 20.2 Å². The average molecular weight is 244 g/mol. The Balaban J connectivity index is 2.15. The highest BCUT2D eigenvalue weighted by Gasteiger charge is 2.42. The van der Waals surface area contributed by atoms with Crippen LogP contribution in [0.1, 0.15) is 36.5 Å². The first-order chi connectivity index (χ1) is 7.89. The Morgan fingerprint density at radius 1 is 1.41 bits per heavy atom. The van der Waals surface area contributed by atoms with Crippen molar-refractivity contribution in [1.82, 2.24) is 0 Å². The number of aliphatic hydroxyl groups excluding tert-OH is 1. The van der Waals surface area contributed by atoms with Gasteiger partial charge in [-0.2, -0.15) is 0 Å². The molecule has 4 heteroatoms. The maximum Gasteiger partial charge on any atom is 0.248 e. The van der Waals surface area contributed by atoms with Gasteiger partial charge in [0, 0.05) is 12.8 Å². The second-order valence-corrected chi connectivity index (χ2v) is 4.81. The predicted octanol–water partition coefficient (Wildman–Crippen LogP) is 3.60. The molecular weight excluding hydrogens is 229 g/mol. The van der Waals surface area contributed by atoms with E-state index in [4.69, 9.17) is 0 Å². The highest BCUT2D eigenvalue weighted by atomic mass is 19.3. The van der Waals surface area contributed by atoms with Crippen LogP contribution in [-0.4, -0.2) is 11.0 Å². The van der Waals surface area contributed by atoms with E-state index in [0.29, 0.717) is 11.1 Å². The fourth-order valence-corrected chi connectivity index (χ4v) is 2.32. The van der Waals surface area contributed by atoms with Crippen molar-refractivity contribution in [2.75, 3.05) is 0 Å². The highest BCUT2D eigenvalue weighted by Crippen LogP contribution is 2.44. The maximum absolute atomic E-state index is 13.3. The molecule has 1 fully saturated rings. The molecule has 1 aliphatic carbocycles. The summed E-state index contributed by atoms with van der Waals surface area (Å²) in [6.07, 6.45) is -1.23. The van der Waals surface area contributed by atoms with E-state index < -0.39 is 23.8 Å². The van der Waals surface area contributed by atoms with Gasteiger partial charge in [0.1, 0.15) is 5.82 Å². The van der Waals surface area contributed by atoms with E-state index in [1.807, 2.05) is 0 Å². The van der Waals surface area contributed by atoms with Crippen molar-refractivity contribution in [2.45, 2.75) is 38.2 Å². The summed E-state index contributed by atoms with van der Waals surface area (Å²) in [5.74, 6) is -3.58. The quantitative estimate of drug-likeness (QED) is 0.842. The van der Waals surface area contributed by atoms with Crippen molar-refractivity contribution in [3.8, 4) is 0 Å². The molecular formula is C13H15F3O. The Hall–Kier alpha value is -1.03. The van der Waals surface area contributed by atoms with Gasteiger partial charge < -0.3 is 5.11 Å². The van der Waals surface area contributed by atoms with Crippen molar-refractivity contribution in [1.29, 1.82) is 0 Å². The Morgan fingerprint density at radius 3 is 2.65 bits per heavy atom. The minimum absolute atomic E-state index is 0.191.